The molecule has 3 aromatic rings. The molecule has 0 radical (unpaired) electrons. The van der Waals surface area contributed by atoms with Gasteiger partial charge in [0.1, 0.15) is 5.52 Å². The summed E-state index contributed by atoms with van der Waals surface area (Å²) >= 11 is 0. The number of nitrogens with one attached hydrogen (secondary N) is 2. The molecule has 0 saturated carbocycles. The van der Waals surface area contributed by atoms with E-state index in [9.17, 15) is 0 Å². The van der Waals surface area contributed by atoms with E-state index in [1.54, 1.807) is 0 Å². The maximum atomic E-state index is 5.58. The largest absolute Gasteiger partial charge is 0.424 e. The molecule has 0 atom stereocenters. The van der Waals surface area contributed by atoms with Gasteiger partial charge in [0.25, 0.3) is 6.01 Å². The maximum absolute atomic E-state index is 5.58. The smallest absolute Gasteiger partial charge is 0.295 e. The number of aromatic nitrogens is 1. The number of hydrogen-bond acceptors (Lipinski definition) is 4. The van der Waals surface area contributed by atoms with Gasteiger partial charge in [-0.15, -0.1) is 0 Å². The number of rotatable bonds is 6. The Kier molecular flexibility index (Phi) is 3.94. The van der Waals surface area contributed by atoms with Crippen LogP contribution < -0.4 is 10.6 Å². The van der Waals surface area contributed by atoms with E-state index in [4.69, 9.17) is 4.42 Å². The van der Waals surface area contributed by atoms with Gasteiger partial charge in [-0.2, -0.15) is 4.98 Å². The molecule has 2 aromatic carbocycles. The lowest BCUT2D eigenvalue weighted by molar-refractivity contribution is 0.608. The number of nitrogens with zero attached hydrogens (tertiary/aromatic N) is 1. The minimum absolute atomic E-state index is 0.577. The number of anilines is 1. The van der Waals surface area contributed by atoms with Crippen LogP contribution in [-0.2, 0) is 6.54 Å². The zero-order chi connectivity index (χ0) is 13.6. The summed E-state index contributed by atoms with van der Waals surface area (Å²) in [7, 11) is 0. The predicted octanol–water partition coefficient (Wildman–Crippen LogP) is 3.03. The van der Waals surface area contributed by atoms with E-state index in [0.29, 0.717) is 6.01 Å². The topological polar surface area (TPSA) is 50.1 Å². The van der Waals surface area contributed by atoms with Gasteiger partial charge in [-0.3, -0.25) is 0 Å². The molecular weight excluding hydrogens is 250 g/mol. The highest BCUT2D eigenvalue weighted by molar-refractivity contribution is 5.74. The fourth-order valence-electron chi connectivity index (χ4n) is 2.03. The van der Waals surface area contributed by atoms with Crippen molar-refractivity contribution in [2.45, 2.75) is 6.54 Å². The molecule has 0 spiro atoms. The maximum Gasteiger partial charge on any atom is 0.295 e. The van der Waals surface area contributed by atoms with Crippen LogP contribution in [0.2, 0.25) is 0 Å². The van der Waals surface area contributed by atoms with Crippen LogP contribution >= 0.6 is 0 Å². The number of fused-ring (bicyclic) bond motifs is 1. The minimum Gasteiger partial charge on any atom is -0.424 e. The predicted molar refractivity (Wildman–Crippen MR) is 80.6 cm³/mol. The lowest BCUT2D eigenvalue weighted by Crippen LogP contribution is -2.21. The molecule has 0 aliphatic rings. The van der Waals surface area contributed by atoms with Gasteiger partial charge in [0, 0.05) is 19.6 Å². The van der Waals surface area contributed by atoms with Crippen molar-refractivity contribution in [3.8, 4) is 0 Å². The molecule has 4 heteroatoms. The van der Waals surface area contributed by atoms with Gasteiger partial charge in [-0.05, 0) is 17.7 Å². The monoisotopic (exact) mass is 267 g/mol. The van der Waals surface area contributed by atoms with E-state index >= 15 is 0 Å². The van der Waals surface area contributed by atoms with E-state index in [1.165, 1.54) is 5.56 Å². The number of para-hydroxylation sites is 2. The Morgan fingerprint density at radius 3 is 2.55 bits per heavy atom. The first kappa shape index (κ1) is 12.7. The van der Waals surface area contributed by atoms with Crippen LogP contribution in [0.25, 0.3) is 11.1 Å². The van der Waals surface area contributed by atoms with E-state index in [1.807, 2.05) is 42.5 Å². The van der Waals surface area contributed by atoms with Crippen LogP contribution in [0.4, 0.5) is 6.01 Å². The molecule has 0 bridgehead atoms. The summed E-state index contributed by atoms with van der Waals surface area (Å²) in [5.41, 5.74) is 2.98. The van der Waals surface area contributed by atoms with Gasteiger partial charge in [-0.25, -0.2) is 0 Å². The summed E-state index contributed by atoms with van der Waals surface area (Å²) in [5, 5.41) is 6.55. The van der Waals surface area contributed by atoms with Crippen LogP contribution in [0, 0.1) is 0 Å². The van der Waals surface area contributed by atoms with E-state index in [-0.39, 0.29) is 0 Å². The van der Waals surface area contributed by atoms with Gasteiger partial charge in [0.2, 0.25) is 0 Å². The highest BCUT2D eigenvalue weighted by atomic mass is 16.4. The van der Waals surface area contributed by atoms with Crippen LogP contribution in [0.15, 0.2) is 59.0 Å². The molecule has 1 heterocycles. The Morgan fingerprint density at radius 1 is 0.900 bits per heavy atom. The van der Waals surface area contributed by atoms with Crippen molar-refractivity contribution in [2.75, 3.05) is 18.4 Å². The molecule has 2 N–H and O–H groups in total. The first-order chi connectivity index (χ1) is 9.92. The van der Waals surface area contributed by atoms with Gasteiger partial charge < -0.3 is 15.1 Å². The summed E-state index contributed by atoms with van der Waals surface area (Å²) < 4.78 is 5.58. The normalized spacial score (nSPS) is 10.8. The first-order valence-electron chi connectivity index (χ1n) is 6.76. The fraction of sp³-hybridized carbons (Fsp3) is 0.188. The molecular formula is C16H17N3O. The molecule has 0 saturated heterocycles. The molecule has 20 heavy (non-hydrogen) atoms. The summed E-state index contributed by atoms with van der Waals surface area (Å²) in [4.78, 5) is 4.36. The standard InChI is InChI=1S/C16H17N3O/c1-2-6-13(7-3-1)12-17-10-11-18-16-19-14-8-4-5-9-15(14)20-16/h1-9,17H,10-12H2,(H,18,19). The van der Waals surface area contributed by atoms with Crippen LogP contribution in [0.3, 0.4) is 0 Å². The number of benzene rings is 2. The Hall–Kier alpha value is -2.33. The highest BCUT2D eigenvalue weighted by Crippen LogP contribution is 2.17. The molecule has 102 valence electrons. The first-order valence-corrected chi connectivity index (χ1v) is 6.76. The van der Waals surface area contributed by atoms with Crippen molar-refractivity contribution in [1.82, 2.24) is 10.3 Å². The van der Waals surface area contributed by atoms with Crippen molar-refractivity contribution in [3.05, 3.63) is 60.2 Å². The number of oxazole rings is 1. The van der Waals surface area contributed by atoms with Gasteiger partial charge in [0.15, 0.2) is 5.58 Å². The van der Waals surface area contributed by atoms with E-state index in [2.05, 4.69) is 27.8 Å². The van der Waals surface area contributed by atoms with Crippen molar-refractivity contribution >= 4 is 17.1 Å². The second-order valence-corrected chi connectivity index (χ2v) is 4.58. The molecule has 3 rings (SSSR count). The van der Waals surface area contributed by atoms with Crippen molar-refractivity contribution in [3.63, 3.8) is 0 Å². The van der Waals surface area contributed by atoms with E-state index < -0.39 is 0 Å². The quantitative estimate of drug-likeness (QED) is 0.674. The average molecular weight is 267 g/mol. The van der Waals surface area contributed by atoms with Crippen molar-refractivity contribution in [1.29, 1.82) is 0 Å². The molecule has 0 aliphatic carbocycles. The molecule has 0 amide bonds. The molecule has 0 aliphatic heterocycles. The SMILES string of the molecule is c1ccc(CNCCNc2nc3ccccc3o2)cc1. The molecule has 4 nitrogen and oxygen atoms in total. The molecule has 1 aromatic heterocycles. The summed E-state index contributed by atoms with van der Waals surface area (Å²) in [5.74, 6) is 0. The lowest BCUT2D eigenvalue weighted by Gasteiger charge is -2.04. The Morgan fingerprint density at radius 2 is 1.70 bits per heavy atom. The molecule has 0 fully saturated rings. The van der Waals surface area contributed by atoms with Crippen molar-refractivity contribution in [2.24, 2.45) is 0 Å². The minimum atomic E-state index is 0.577. The van der Waals surface area contributed by atoms with Crippen LogP contribution in [0.1, 0.15) is 5.56 Å². The van der Waals surface area contributed by atoms with Gasteiger partial charge in [0.05, 0.1) is 0 Å². The summed E-state index contributed by atoms with van der Waals surface area (Å²) in [6.45, 7) is 2.50. The lowest BCUT2D eigenvalue weighted by atomic mass is 10.2. The van der Waals surface area contributed by atoms with Gasteiger partial charge in [-0.1, -0.05) is 42.5 Å². The van der Waals surface area contributed by atoms with Crippen molar-refractivity contribution < 1.29 is 4.42 Å². The molecule has 0 unspecified atom stereocenters. The van der Waals surface area contributed by atoms with Crippen LogP contribution in [-0.4, -0.2) is 18.1 Å². The zero-order valence-electron chi connectivity index (χ0n) is 11.2. The third-order valence-electron chi connectivity index (χ3n) is 3.04. The Bertz CT molecular complexity index is 631. The van der Waals surface area contributed by atoms with E-state index in [0.717, 1.165) is 30.7 Å². The fourth-order valence-corrected chi connectivity index (χ4v) is 2.03. The Labute approximate surface area is 117 Å². The summed E-state index contributed by atoms with van der Waals surface area (Å²) in [6, 6.07) is 18.7. The zero-order valence-corrected chi connectivity index (χ0v) is 11.2. The third-order valence-corrected chi connectivity index (χ3v) is 3.04. The summed E-state index contributed by atoms with van der Waals surface area (Å²) in [6.07, 6.45) is 0. The van der Waals surface area contributed by atoms with Crippen LogP contribution in [0.5, 0.6) is 0 Å². The second kappa shape index (κ2) is 6.21. The Balaban J connectivity index is 1.43. The average Bonchev–Trinajstić information content (AvgIpc) is 2.90. The second-order valence-electron chi connectivity index (χ2n) is 4.58. The highest BCUT2D eigenvalue weighted by Gasteiger charge is 2.03. The third kappa shape index (κ3) is 3.16. The number of hydrogen-bond donors (Lipinski definition) is 2. The van der Waals surface area contributed by atoms with Gasteiger partial charge >= 0.3 is 0 Å².